The number of hydrogen-bond donors (Lipinski definition) is 0. The predicted octanol–water partition coefficient (Wildman–Crippen LogP) is 7.79. The lowest BCUT2D eigenvalue weighted by molar-refractivity contribution is -0.143. The maximum atomic E-state index is 15.3. The van der Waals surface area contributed by atoms with Crippen molar-refractivity contribution in [3.05, 3.63) is 123 Å². The lowest BCUT2D eigenvalue weighted by atomic mass is 9.91. The van der Waals surface area contributed by atoms with Crippen molar-refractivity contribution in [3.63, 3.8) is 0 Å². The summed E-state index contributed by atoms with van der Waals surface area (Å²) < 4.78 is 26.3. The average Bonchev–Trinajstić information content (AvgIpc) is 2.96. The van der Waals surface area contributed by atoms with Gasteiger partial charge in [-0.2, -0.15) is 0 Å². The van der Waals surface area contributed by atoms with Crippen LogP contribution in [0.5, 0.6) is 0 Å². The van der Waals surface area contributed by atoms with Crippen LogP contribution < -0.4 is 5.30 Å². The first-order valence-electron chi connectivity index (χ1n) is 14.2. The smallest absolute Gasteiger partial charge is 0.330 e. The Kier molecular flexibility index (Phi) is 10.5. The summed E-state index contributed by atoms with van der Waals surface area (Å²) in [6, 6.07) is 11.6. The largest absolute Gasteiger partial charge is 0.455 e. The van der Waals surface area contributed by atoms with Crippen LogP contribution in [0.15, 0.2) is 67.8 Å². The number of benzene rings is 3. The molecule has 7 nitrogen and oxygen atoms in total. The molecule has 0 saturated carbocycles. The Bertz CT molecular complexity index is 1630. The van der Waals surface area contributed by atoms with E-state index in [2.05, 4.69) is 13.2 Å². The van der Waals surface area contributed by atoms with Crippen LogP contribution in [0.2, 0.25) is 0 Å². The molecule has 0 radical (unpaired) electrons. The van der Waals surface area contributed by atoms with Gasteiger partial charge in [-0.1, -0.05) is 55.6 Å². The van der Waals surface area contributed by atoms with Gasteiger partial charge in [0.05, 0.1) is 0 Å². The minimum atomic E-state index is -4.53. The predicted molar refractivity (Wildman–Crippen MR) is 173 cm³/mol. The molecule has 3 rings (SSSR count). The second-order valence-corrected chi connectivity index (χ2v) is 13.5. The fraction of sp³-hybridized carbons (Fsp3) is 0.278. The molecule has 0 saturated heterocycles. The summed E-state index contributed by atoms with van der Waals surface area (Å²) in [4.78, 5) is 53.4. The standard InChI is InChI=1S/C36H39O7P/c1-11-29(37)42-26(9)31-20(3)18-22(5)33(24(31)7)35(39)44(41,28-16-14-13-15-17-28)36(40)34-23(6)19-21(4)32(25(34)8)27(10)43-30(38)12-2/h11-19,26-27H,1-2H2,3-10H3. The van der Waals surface area contributed by atoms with E-state index in [1.54, 1.807) is 71.9 Å². The number of aryl methyl sites for hydroxylation is 4. The van der Waals surface area contributed by atoms with Crippen molar-refractivity contribution >= 4 is 35.4 Å². The first kappa shape index (κ1) is 34.1. The quantitative estimate of drug-likeness (QED) is 0.123. The molecular formula is C36H39O7P. The zero-order valence-corrected chi connectivity index (χ0v) is 27.5. The summed E-state index contributed by atoms with van der Waals surface area (Å²) in [6.45, 7) is 20.8. The van der Waals surface area contributed by atoms with Crippen LogP contribution in [-0.4, -0.2) is 23.0 Å². The van der Waals surface area contributed by atoms with Gasteiger partial charge in [-0.05, 0) is 99.9 Å². The van der Waals surface area contributed by atoms with Crippen molar-refractivity contribution < 1.29 is 33.2 Å². The van der Waals surface area contributed by atoms with Crippen LogP contribution in [0.4, 0.5) is 0 Å². The molecule has 3 aromatic carbocycles. The molecule has 2 atom stereocenters. The molecule has 2 unspecified atom stereocenters. The summed E-state index contributed by atoms with van der Waals surface area (Å²) >= 11 is 0. The Balaban J connectivity index is 2.33. The Labute approximate surface area is 259 Å². The maximum absolute atomic E-state index is 15.3. The zero-order chi connectivity index (χ0) is 33.1. The maximum Gasteiger partial charge on any atom is 0.330 e. The molecule has 8 heteroatoms. The van der Waals surface area contributed by atoms with Gasteiger partial charge in [0.15, 0.2) is 0 Å². The van der Waals surface area contributed by atoms with E-state index in [-0.39, 0.29) is 16.4 Å². The van der Waals surface area contributed by atoms with Gasteiger partial charge in [0.25, 0.3) is 0 Å². The molecule has 0 fully saturated rings. The summed E-state index contributed by atoms with van der Waals surface area (Å²) in [5, 5.41) is 0.106. The fourth-order valence-corrected chi connectivity index (χ4v) is 8.72. The summed E-state index contributed by atoms with van der Waals surface area (Å²) in [5.74, 6) is -1.24. The third kappa shape index (κ3) is 6.29. The molecule has 0 heterocycles. The molecular weight excluding hydrogens is 575 g/mol. The lowest BCUT2D eigenvalue weighted by Crippen LogP contribution is -2.24. The highest BCUT2D eigenvalue weighted by Crippen LogP contribution is 2.53. The molecule has 0 aliphatic rings. The minimum absolute atomic E-state index is 0.106. The monoisotopic (exact) mass is 614 g/mol. The number of carbonyl (C=O) groups excluding carboxylic acids is 4. The van der Waals surface area contributed by atoms with Gasteiger partial charge < -0.3 is 14.0 Å². The van der Waals surface area contributed by atoms with E-state index in [1.165, 1.54) is 12.1 Å². The van der Waals surface area contributed by atoms with Crippen molar-refractivity contribution in [1.82, 2.24) is 0 Å². The van der Waals surface area contributed by atoms with Crippen molar-refractivity contribution in [2.75, 3.05) is 0 Å². The van der Waals surface area contributed by atoms with Gasteiger partial charge in [0.1, 0.15) is 12.2 Å². The number of carbonyl (C=O) groups is 4. The Hall–Kier alpha value is -4.35. The van der Waals surface area contributed by atoms with Crippen LogP contribution in [0, 0.1) is 41.5 Å². The molecule has 0 amide bonds. The van der Waals surface area contributed by atoms with E-state index in [4.69, 9.17) is 9.47 Å². The molecule has 0 N–H and O–H groups in total. The van der Waals surface area contributed by atoms with Gasteiger partial charge in [0, 0.05) is 28.6 Å². The highest BCUT2D eigenvalue weighted by Gasteiger charge is 2.45. The number of rotatable bonds is 11. The summed E-state index contributed by atoms with van der Waals surface area (Å²) in [5.41, 5.74) is 3.44. The van der Waals surface area contributed by atoms with Gasteiger partial charge in [0.2, 0.25) is 18.2 Å². The van der Waals surface area contributed by atoms with Crippen molar-refractivity contribution in [2.45, 2.75) is 67.6 Å². The highest BCUT2D eigenvalue weighted by molar-refractivity contribution is 8.01. The Morgan fingerprint density at radius 2 is 1.02 bits per heavy atom. The van der Waals surface area contributed by atoms with Crippen molar-refractivity contribution in [1.29, 1.82) is 0 Å². The molecule has 44 heavy (non-hydrogen) atoms. The zero-order valence-electron chi connectivity index (χ0n) is 26.6. The Morgan fingerprint density at radius 1 is 0.659 bits per heavy atom. The normalized spacial score (nSPS) is 13.6. The van der Waals surface area contributed by atoms with Gasteiger partial charge >= 0.3 is 11.9 Å². The summed E-state index contributed by atoms with van der Waals surface area (Å²) in [6.07, 6.45) is 0.652. The topological polar surface area (TPSA) is 104 Å². The van der Waals surface area contributed by atoms with Crippen LogP contribution in [0.3, 0.4) is 0 Å². The first-order valence-corrected chi connectivity index (χ1v) is 15.9. The molecule has 0 spiro atoms. The fourth-order valence-electron chi connectivity index (χ4n) is 6.15. The van der Waals surface area contributed by atoms with E-state index in [1.807, 2.05) is 13.8 Å². The van der Waals surface area contributed by atoms with E-state index >= 15 is 4.57 Å². The molecule has 0 aromatic heterocycles. The van der Waals surface area contributed by atoms with Crippen molar-refractivity contribution in [3.8, 4) is 0 Å². The van der Waals surface area contributed by atoms with E-state index in [0.717, 1.165) is 23.3 Å². The van der Waals surface area contributed by atoms with Gasteiger partial charge in [-0.15, -0.1) is 0 Å². The molecule has 230 valence electrons. The molecule has 0 aliphatic heterocycles. The van der Waals surface area contributed by atoms with Gasteiger partial charge in [-0.25, -0.2) is 9.59 Å². The van der Waals surface area contributed by atoms with E-state index in [9.17, 15) is 19.2 Å². The highest BCUT2D eigenvalue weighted by atomic mass is 31.2. The SMILES string of the molecule is C=CC(=O)OC(C)c1c(C)cc(C)c(C(=O)P(=O)(C(=O)c2c(C)cc(C)c(C(C)OC(=O)C=C)c2C)c2ccccc2)c1C. The second-order valence-electron chi connectivity index (χ2n) is 11.0. The van der Waals surface area contributed by atoms with Crippen LogP contribution in [0.25, 0.3) is 0 Å². The van der Waals surface area contributed by atoms with Gasteiger partial charge in [-0.3, -0.25) is 9.59 Å². The van der Waals surface area contributed by atoms with Crippen LogP contribution in [0.1, 0.15) is 91.3 Å². The molecule has 3 aromatic rings. The van der Waals surface area contributed by atoms with Crippen LogP contribution >= 0.6 is 7.14 Å². The van der Waals surface area contributed by atoms with E-state index in [0.29, 0.717) is 33.4 Å². The Morgan fingerprint density at radius 3 is 1.36 bits per heavy atom. The van der Waals surface area contributed by atoms with Crippen LogP contribution in [-0.2, 0) is 23.6 Å². The number of esters is 2. The average molecular weight is 615 g/mol. The second kappa shape index (κ2) is 13.5. The summed E-state index contributed by atoms with van der Waals surface area (Å²) in [7, 11) is -4.53. The van der Waals surface area contributed by atoms with E-state index < -0.39 is 42.3 Å². The molecule has 0 aliphatic carbocycles. The number of ether oxygens (including phenoxy) is 2. The first-order chi connectivity index (χ1) is 20.6. The van der Waals surface area contributed by atoms with Crippen molar-refractivity contribution in [2.24, 2.45) is 0 Å². The molecule has 0 bridgehead atoms. The minimum Gasteiger partial charge on any atom is -0.455 e. The lowest BCUT2D eigenvalue weighted by Gasteiger charge is -2.26. The third-order valence-electron chi connectivity index (χ3n) is 7.91. The number of hydrogen-bond acceptors (Lipinski definition) is 7. The third-order valence-corrected chi connectivity index (χ3v) is 10.5.